The molecular weight excluding hydrogens is 244 g/mol. The van der Waals surface area contributed by atoms with Gasteiger partial charge in [0, 0.05) is 10.8 Å². The molecule has 0 unspecified atom stereocenters. The van der Waals surface area contributed by atoms with Gasteiger partial charge < -0.3 is 4.98 Å². The fourth-order valence-electron chi connectivity index (χ4n) is 2.12. The summed E-state index contributed by atoms with van der Waals surface area (Å²) in [6.45, 7) is 2.17. The highest BCUT2D eigenvalue weighted by Crippen LogP contribution is 2.26. The van der Waals surface area contributed by atoms with Crippen molar-refractivity contribution < 1.29 is 0 Å². The van der Waals surface area contributed by atoms with E-state index in [1.165, 1.54) is 0 Å². The van der Waals surface area contributed by atoms with Crippen molar-refractivity contribution in [2.45, 2.75) is 26.2 Å². The molecule has 0 radical (unpaired) electrons. The third kappa shape index (κ3) is 1.82. The fraction of sp³-hybridized carbons (Fsp3) is 0.286. The van der Waals surface area contributed by atoms with Crippen LogP contribution < -0.4 is 5.56 Å². The zero-order chi connectivity index (χ0) is 12.5. The van der Waals surface area contributed by atoms with Crippen molar-refractivity contribution >= 4 is 32.5 Å². The lowest BCUT2D eigenvalue weighted by Crippen LogP contribution is -2.04. The van der Waals surface area contributed by atoms with E-state index in [1.54, 1.807) is 11.3 Å². The van der Waals surface area contributed by atoms with Crippen molar-refractivity contribution in [1.82, 2.24) is 9.97 Å². The smallest absolute Gasteiger partial charge is 0.257 e. The third-order valence-corrected chi connectivity index (χ3v) is 4.10. The minimum Gasteiger partial charge on any atom is -0.312 e. The number of pyridine rings is 1. The van der Waals surface area contributed by atoms with E-state index in [2.05, 4.69) is 16.9 Å². The number of benzene rings is 1. The second-order valence-electron chi connectivity index (χ2n) is 4.39. The second-order valence-corrected chi connectivity index (χ2v) is 5.47. The third-order valence-electron chi connectivity index (χ3n) is 3.07. The zero-order valence-electron chi connectivity index (χ0n) is 10.2. The van der Waals surface area contributed by atoms with Crippen molar-refractivity contribution in [3.8, 4) is 0 Å². The Morgan fingerprint density at radius 1 is 1.28 bits per heavy atom. The van der Waals surface area contributed by atoms with Gasteiger partial charge in [-0.15, -0.1) is 11.3 Å². The molecule has 0 bridgehead atoms. The summed E-state index contributed by atoms with van der Waals surface area (Å²) in [5.41, 5.74) is 0.907. The molecular formula is C14H14N2OS. The first-order valence-electron chi connectivity index (χ1n) is 6.20. The highest BCUT2D eigenvalue weighted by Gasteiger charge is 2.09. The van der Waals surface area contributed by atoms with Crippen LogP contribution >= 0.6 is 11.3 Å². The number of nitrogens with zero attached hydrogens (tertiary/aromatic N) is 1. The van der Waals surface area contributed by atoms with Crippen LogP contribution in [-0.2, 0) is 6.42 Å². The number of H-pyrrole nitrogens is 1. The number of thiazole rings is 1. The number of nitrogens with one attached hydrogen (secondary N) is 1. The van der Waals surface area contributed by atoms with E-state index in [-0.39, 0.29) is 5.56 Å². The van der Waals surface area contributed by atoms with E-state index in [1.807, 2.05) is 24.3 Å². The first-order valence-corrected chi connectivity index (χ1v) is 7.01. The van der Waals surface area contributed by atoms with Crippen molar-refractivity contribution in [2.24, 2.45) is 0 Å². The molecule has 1 aromatic carbocycles. The molecule has 0 aliphatic carbocycles. The van der Waals surface area contributed by atoms with Crippen LogP contribution in [0.5, 0.6) is 0 Å². The number of aryl methyl sites for hydroxylation is 1. The summed E-state index contributed by atoms with van der Waals surface area (Å²) in [7, 11) is 0. The van der Waals surface area contributed by atoms with E-state index in [9.17, 15) is 4.79 Å². The molecule has 3 rings (SSSR count). The van der Waals surface area contributed by atoms with Gasteiger partial charge in [-0.3, -0.25) is 4.79 Å². The Morgan fingerprint density at radius 2 is 2.06 bits per heavy atom. The van der Waals surface area contributed by atoms with Gasteiger partial charge in [0.1, 0.15) is 10.3 Å². The molecule has 0 saturated heterocycles. The summed E-state index contributed by atoms with van der Waals surface area (Å²) in [6.07, 6.45) is 3.29. The number of aromatic amines is 1. The predicted molar refractivity (Wildman–Crippen MR) is 76.4 cm³/mol. The average Bonchev–Trinajstić information content (AvgIpc) is 2.80. The van der Waals surface area contributed by atoms with Gasteiger partial charge in [-0.05, 0) is 18.9 Å². The molecule has 4 heteroatoms. The maximum Gasteiger partial charge on any atom is 0.257 e. The molecule has 2 aromatic heterocycles. The Morgan fingerprint density at radius 3 is 2.83 bits per heavy atom. The maximum atomic E-state index is 11.9. The van der Waals surface area contributed by atoms with Crippen LogP contribution in [0.2, 0.25) is 0 Å². The summed E-state index contributed by atoms with van der Waals surface area (Å²) in [6, 6.07) is 7.65. The Bertz CT molecular complexity index is 757. The van der Waals surface area contributed by atoms with Crippen molar-refractivity contribution in [2.75, 3.05) is 0 Å². The van der Waals surface area contributed by atoms with Gasteiger partial charge in [0.05, 0.1) is 5.01 Å². The van der Waals surface area contributed by atoms with Crippen molar-refractivity contribution in [3.05, 3.63) is 39.6 Å². The molecule has 0 fully saturated rings. The summed E-state index contributed by atoms with van der Waals surface area (Å²) in [5, 5.41) is 2.78. The Kier molecular flexibility index (Phi) is 2.88. The van der Waals surface area contributed by atoms with Gasteiger partial charge in [0.15, 0.2) is 0 Å². The number of aromatic nitrogens is 2. The van der Waals surface area contributed by atoms with Crippen LogP contribution in [0, 0.1) is 0 Å². The number of hydrogen-bond acceptors (Lipinski definition) is 3. The minimum absolute atomic E-state index is 0.0243. The number of fused-ring (bicyclic) bond motifs is 3. The van der Waals surface area contributed by atoms with Crippen LogP contribution in [0.1, 0.15) is 24.8 Å². The standard InChI is InChI=1S/C14H14N2OS/c1-2-3-8-11-15-12-9-6-4-5-7-10(9)13(17)16-14(12)18-11/h4-7H,2-3,8H2,1H3,(H,16,17). The van der Waals surface area contributed by atoms with E-state index < -0.39 is 0 Å². The minimum atomic E-state index is -0.0243. The number of hydrogen-bond donors (Lipinski definition) is 1. The molecule has 1 N–H and O–H groups in total. The first kappa shape index (κ1) is 11.4. The van der Waals surface area contributed by atoms with Gasteiger partial charge in [-0.1, -0.05) is 31.5 Å². The van der Waals surface area contributed by atoms with Gasteiger partial charge in [-0.2, -0.15) is 0 Å². The molecule has 0 saturated carbocycles. The van der Waals surface area contributed by atoms with E-state index in [0.29, 0.717) is 0 Å². The van der Waals surface area contributed by atoms with Crippen LogP contribution in [0.3, 0.4) is 0 Å². The predicted octanol–water partition coefficient (Wildman–Crippen LogP) is 3.48. The summed E-state index contributed by atoms with van der Waals surface area (Å²) >= 11 is 1.60. The highest BCUT2D eigenvalue weighted by molar-refractivity contribution is 7.18. The lowest BCUT2D eigenvalue weighted by molar-refractivity contribution is 0.791. The SMILES string of the molecule is CCCCc1nc2c([nH]c(=O)c3ccccc32)s1. The fourth-order valence-corrected chi connectivity index (χ4v) is 3.14. The number of rotatable bonds is 3. The average molecular weight is 258 g/mol. The Hall–Kier alpha value is -1.68. The van der Waals surface area contributed by atoms with E-state index in [0.717, 1.165) is 45.4 Å². The quantitative estimate of drug-likeness (QED) is 0.781. The lowest BCUT2D eigenvalue weighted by Gasteiger charge is -1.96. The van der Waals surface area contributed by atoms with Gasteiger partial charge in [0.2, 0.25) is 0 Å². The highest BCUT2D eigenvalue weighted by atomic mass is 32.1. The molecule has 2 heterocycles. The maximum absolute atomic E-state index is 11.9. The van der Waals surface area contributed by atoms with Crippen molar-refractivity contribution in [3.63, 3.8) is 0 Å². The Balaban J connectivity index is 2.26. The molecule has 0 amide bonds. The van der Waals surface area contributed by atoms with Crippen LogP contribution in [-0.4, -0.2) is 9.97 Å². The molecule has 0 atom stereocenters. The van der Waals surface area contributed by atoms with Crippen LogP contribution in [0.4, 0.5) is 0 Å². The normalized spacial score (nSPS) is 11.4. The lowest BCUT2D eigenvalue weighted by atomic mass is 10.1. The zero-order valence-corrected chi connectivity index (χ0v) is 11.0. The van der Waals surface area contributed by atoms with E-state index >= 15 is 0 Å². The second kappa shape index (κ2) is 4.53. The molecule has 0 aliphatic heterocycles. The van der Waals surface area contributed by atoms with Crippen molar-refractivity contribution in [1.29, 1.82) is 0 Å². The molecule has 0 aliphatic rings. The summed E-state index contributed by atoms with van der Waals surface area (Å²) in [5.74, 6) is 0. The molecule has 92 valence electrons. The van der Waals surface area contributed by atoms with E-state index in [4.69, 9.17) is 0 Å². The molecule has 0 spiro atoms. The van der Waals surface area contributed by atoms with Gasteiger partial charge >= 0.3 is 0 Å². The monoisotopic (exact) mass is 258 g/mol. The largest absolute Gasteiger partial charge is 0.312 e. The molecule has 3 nitrogen and oxygen atoms in total. The van der Waals surface area contributed by atoms with Gasteiger partial charge in [0.25, 0.3) is 5.56 Å². The first-order chi connectivity index (χ1) is 8.79. The Labute approximate surface area is 108 Å². The molecule has 3 aromatic rings. The summed E-state index contributed by atoms with van der Waals surface area (Å²) < 4.78 is 0. The molecule has 18 heavy (non-hydrogen) atoms. The number of unbranched alkanes of at least 4 members (excludes halogenated alkanes) is 1. The van der Waals surface area contributed by atoms with Crippen LogP contribution in [0.15, 0.2) is 29.1 Å². The van der Waals surface area contributed by atoms with Crippen LogP contribution in [0.25, 0.3) is 21.1 Å². The van der Waals surface area contributed by atoms with Gasteiger partial charge in [-0.25, -0.2) is 4.98 Å². The summed E-state index contributed by atoms with van der Waals surface area (Å²) in [4.78, 5) is 20.4. The topological polar surface area (TPSA) is 45.8 Å².